The molecule has 1 aliphatic rings. The second-order valence-corrected chi connectivity index (χ2v) is 3.60. The van der Waals surface area contributed by atoms with E-state index in [2.05, 4.69) is 16.8 Å². The predicted octanol–water partition coefficient (Wildman–Crippen LogP) is 0.213. The lowest BCUT2D eigenvalue weighted by molar-refractivity contribution is -0.117. The van der Waals surface area contributed by atoms with Crippen LogP contribution in [0.25, 0.3) is 0 Å². The quantitative estimate of drug-likeness (QED) is 0.605. The van der Waals surface area contributed by atoms with Crippen molar-refractivity contribution in [1.29, 1.82) is 0 Å². The van der Waals surface area contributed by atoms with E-state index in [1.807, 2.05) is 0 Å². The van der Waals surface area contributed by atoms with Crippen molar-refractivity contribution >= 4 is 5.78 Å². The van der Waals surface area contributed by atoms with E-state index in [-0.39, 0.29) is 0 Å². The molecule has 12 heavy (non-hydrogen) atoms. The van der Waals surface area contributed by atoms with Gasteiger partial charge in [0.25, 0.3) is 0 Å². The molecule has 0 aromatic heterocycles. The highest BCUT2D eigenvalue weighted by Gasteiger charge is 2.13. The molecule has 0 aliphatic carbocycles. The number of piperazine rings is 1. The van der Waals surface area contributed by atoms with Crippen molar-refractivity contribution in [2.75, 3.05) is 39.8 Å². The summed E-state index contributed by atoms with van der Waals surface area (Å²) in [6, 6.07) is 0. The number of carbonyl (C=O) groups is 1. The summed E-state index contributed by atoms with van der Waals surface area (Å²) in [5.41, 5.74) is 0. The summed E-state index contributed by atoms with van der Waals surface area (Å²) in [5, 5.41) is 0. The number of nitrogens with zero attached hydrogens (tertiary/aromatic N) is 2. The molecule has 0 bridgehead atoms. The third kappa shape index (κ3) is 3.32. The van der Waals surface area contributed by atoms with Gasteiger partial charge in [-0.25, -0.2) is 0 Å². The van der Waals surface area contributed by atoms with Gasteiger partial charge in [0.15, 0.2) is 0 Å². The van der Waals surface area contributed by atoms with E-state index in [0.717, 1.165) is 32.7 Å². The van der Waals surface area contributed by atoms with Crippen molar-refractivity contribution in [3.63, 3.8) is 0 Å². The second kappa shape index (κ2) is 4.58. The van der Waals surface area contributed by atoms with Crippen LogP contribution in [-0.4, -0.2) is 55.4 Å². The minimum atomic E-state index is 0.300. The SMILES string of the molecule is CC(=O)CCN1CCN(C)CC1. The molecule has 1 fully saturated rings. The molecule has 0 N–H and O–H groups in total. The van der Waals surface area contributed by atoms with Crippen molar-refractivity contribution in [2.24, 2.45) is 0 Å². The molecule has 0 saturated carbocycles. The molecule has 3 nitrogen and oxygen atoms in total. The smallest absolute Gasteiger partial charge is 0.131 e. The van der Waals surface area contributed by atoms with Gasteiger partial charge in [-0.1, -0.05) is 0 Å². The molecular weight excluding hydrogens is 152 g/mol. The van der Waals surface area contributed by atoms with E-state index < -0.39 is 0 Å². The molecule has 1 heterocycles. The zero-order valence-corrected chi connectivity index (χ0v) is 8.05. The lowest BCUT2D eigenvalue weighted by Gasteiger charge is -2.31. The van der Waals surface area contributed by atoms with Gasteiger partial charge in [0.05, 0.1) is 0 Å². The number of hydrogen-bond acceptors (Lipinski definition) is 3. The fourth-order valence-electron chi connectivity index (χ4n) is 1.39. The Morgan fingerprint density at radius 2 is 1.83 bits per heavy atom. The summed E-state index contributed by atoms with van der Waals surface area (Å²) in [4.78, 5) is 15.4. The molecule has 1 saturated heterocycles. The number of hydrogen-bond donors (Lipinski definition) is 0. The van der Waals surface area contributed by atoms with Gasteiger partial charge in [0.2, 0.25) is 0 Å². The molecule has 1 rings (SSSR count). The first-order chi connectivity index (χ1) is 5.68. The molecular formula is C9H18N2O. The van der Waals surface area contributed by atoms with Gasteiger partial charge in [0, 0.05) is 39.1 Å². The number of likely N-dealkylation sites (N-methyl/N-ethyl adjacent to an activating group) is 1. The standard InChI is InChI=1S/C9H18N2O/c1-9(12)3-4-11-7-5-10(2)6-8-11/h3-8H2,1-2H3. The van der Waals surface area contributed by atoms with Crippen molar-refractivity contribution in [2.45, 2.75) is 13.3 Å². The fourth-order valence-corrected chi connectivity index (χ4v) is 1.39. The third-order valence-electron chi connectivity index (χ3n) is 2.38. The predicted molar refractivity (Wildman–Crippen MR) is 49.2 cm³/mol. The van der Waals surface area contributed by atoms with E-state index in [1.54, 1.807) is 6.92 Å². The zero-order valence-electron chi connectivity index (χ0n) is 8.05. The van der Waals surface area contributed by atoms with Gasteiger partial charge in [-0.3, -0.25) is 4.79 Å². The Balaban J connectivity index is 2.13. The highest BCUT2D eigenvalue weighted by molar-refractivity contribution is 5.75. The Labute approximate surface area is 74.3 Å². The topological polar surface area (TPSA) is 23.6 Å². The van der Waals surface area contributed by atoms with Gasteiger partial charge in [-0.05, 0) is 14.0 Å². The lowest BCUT2D eigenvalue weighted by Crippen LogP contribution is -2.44. The van der Waals surface area contributed by atoms with Crippen LogP contribution in [0.1, 0.15) is 13.3 Å². The minimum Gasteiger partial charge on any atom is -0.304 e. The maximum Gasteiger partial charge on any atom is 0.131 e. The van der Waals surface area contributed by atoms with Gasteiger partial charge in [-0.15, -0.1) is 0 Å². The van der Waals surface area contributed by atoms with E-state index in [0.29, 0.717) is 12.2 Å². The Bertz CT molecular complexity index is 151. The third-order valence-corrected chi connectivity index (χ3v) is 2.38. The monoisotopic (exact) mass is 170 g/mol. The number of Topliss-reactive ketones (excluding diaryl/α,β-unsaturated/α-hetero) is 1. The van der Waals surface area contributed by atoms with Crippen molar-refractivity contribution in [3.05, 3.63) is 0 Å². The average molecular weight is 170 g/mol. The molecule has 0 unspecified atom stereocenters. The van der Waals surface area contributed by atoms with E-state index >= 15 is 0 Å². The van der Waals surface area contributed by atoms with Crippen LogP contribution in [0.2, 0.25) is 0 Å². The average Bonchev–Trinajstić information content (AvgIpc) is 2.03. The molecule has 3 heteroatoms. The summed E-state index contributed by atoms with van der Waals surface area (Å²) in [6.45, 7) is 7.11. The molecule has 1 aliphatic heterocycles. The Morgan fingerprint density at radius 3 is 2.33 bits per heavy atom. The van der Waals surface area contributed by atoms with Crippen LogP contribution in [-0.2, 0) is 4.79 Å². The highest BCUT2D eigenvalue weighted by Crippen LogP contribution is 1.99. The van der Waals surface area contributed by atoms with Gasteiger partial charge in [-0.2, -0.15) is 0 Å². The summed E-state index contributed by atoms with van der Waals surface area (Å²) in [7, 11) is 2.14. The minimum absolute atomic E-state index is 0.300. The first-order valence-corrected chi connectivity index (χ1v) is 4.59. The first-order valence-electron chi connectivity index (χ1n) is 4.59. The normalized spacial score (nSPS) is 21.2. The molecule has 0 amide bonds. The lowest BCUT2D eigenvalue weighted by atomic mass is 10.2. The highest BCUT2D eigenvalue weighted by atomic mass is 16.1. The van der Waals surface area contributed by atoms with Crippen LogP contribution < -0.4 is 0 Å². The summed E-state index contributed by atoms with van der Waals surface area (Å²) < 4.78 is 0. The van der Waals surface area contributed by atoms with Crippen LogP contribution in [0.4, 0.5) is 0 Å². The van der Waals surface area contributed by atoms with Crippen LogP contribution in [0.3, 0.4) is 0 Å². The van der Waals surface area contributed by atoms with Crippen molar-refractivity contribution < 1.29 is 4.79 Å². The van der Waals surface area contributed by atoms with Crippen LogP contribution in [0, 0.1) is 0 Å². The molecule has 0 atom stereocenters. The van der Waals surface area contributed by atoms with E-state index in [9.17, 15) is 4.79 Å². The van der Waals surface area contributed by atoms with Crippen molar-refractivity contribution in [3.8, 4) is 0 Å². The Morgan fingerprint density at radius 1 is 1.25 bits per heavy atom. The second-order valence-electron chi connectivity index (χ2n) is 3.60. The van der Waals surface area contributed by atoms with E-state index in [4.69, 9.17) is 0 Å². The Hall–Kier alpha value is -0.410. The summed E-state index contributed by atoms with van der Waals surface area (Å²) in [5.74, 6) is 0.300. The van der Waals surface area contributed by atoms with Gasteiger partial charge < -0.3 is 9.80 Å². The summed E-state index contributed by atoms with van der Waals surface area (Å²) in [6.07, 6.45) is 0.712. The van der Waals surface area contributed by atoms with Crippen LogP contribution in [0.5, 0.6) is 0 Å². The van der Waals surface area contributed by atoms with Crippen LogP contribution in [0.15, 0.2) is 0 Å². The van der Waals surface area contributed by atoms with Gasteiger partial charge >= 0.3 is 0 Å². The molecule has 70 valence electrons. The van der Waals surface area contributed by atoms with Crippen molar-refractivity contribution in [1.82, 2.24) is 9.80 Å². The maximum absolute atomic E-state index is 10.7. The number of carbonyl (C=O) groups excluding carboxylic acids is 1. The van der Waals surface area contributed by atoms with Crippen LogP contribution >= 0.6 is 0 Å². The first kappa shape index (κ1) is 9.68. The Kier molecular flexibility index (Phi) is 3.69. The number of rotatable bonds is 3. The molecule has 0 spiro atoms. The van der Waals surface area contributed by atoms with E-state index in [1.165, 1.54) is 0 Å². The fraction of sp³-hybridized carbons (Fsp3) is 0.889. The zero-order chi connectivity index (χ0) is 8.97. The number of ketones is 1. The summed E-state index contributed by atoms with van der Waals surface area (Å²) >= 11 is 0. The van der Waals surface area contributed by atoms with Gasteiger partial charge in [0.1, 0.15) is 5.78 Å². The molecule has 0 aromatic rings. The molecule has 0 aromatic carbocycles. The maximum atomic E-state index is 10.7. The largest absolute Gasteiger partial charge is 0.304 e. The molecule has 0 radical (unpaired) electrons.